The summed E-state index contributed by atoms with van der Waals surface area (Å²) in [5.74, 6) is -2.48. The first-order valence-electron chi connectivity index (χ1n) is 6.38. The van der Waals surface area contributed by atoms with Crippen molar-refractivity contribution in [1.29, 1.82) is 0 Å². The van der Waals surface area contributed by atoms with Crippen molar-refractivity contribution in [2.45, 2.75) is 0 Å². The third-order valence-electron chi connectivity index (χ3n) is 3.08. The number of thiophene rings is 1. The first kappa shape index (κ1) is 15.4. The Bertz CT molecular complexity index is 862. The Morgan fingerprint density at radius 3 is 2.52 bits per heavy atom. The minimum Gasteiger partial charge on any atom is -0.273 e. The highest BCUT2D eigenvalue weighted by Gasteiger charge is 2.37. The van der Waals surface area contributed by atoms with Crippen LogP contribution in [-0.4, -0.2) is 17.8 Å². The molecule has 8 heteroatoms. The van der Waals surface area contributed by atoms with Crippen LogP contribution in [-0.2, 0) is 9.59 Å². The van der Waals surface area contributed by atoms with Crippen LogP contribution in [0.3, 0.4) is 0 Å². The van der Waals surface area contributed by atoms with Crippen molar-refractivity contribution < 1.29 is 18.8 Å². The molecular formula is C15H8ClFN2O3S. The average molecular weight is 351 g/mol. The standard InChI is InChI=1S/C15H8ClFN2O3S/c16-12-6-5-8(23-12)7-9-13(20)18-15(22)19(14(9)21)11-4-2-1-3-10(11)17/h1-7H,(H,18,20,22)/b9-7+. The van der Waals surface area contributed by atoms with Crippen LogP contribution < -0.4 is 10.2 Å². The SMILES string of the molecule is O=C1NC(=O)N(c2ccccc2F)C(=O)/C1=C/c1ccc(Cl)s1. The Morgan fingerprint density at radius 1 is 1.13 bits per heavy atom. The van der Waals surface area contributed by atoms with Crippen molar-refractivity contribution in [3.63, 3.8) is 0 Å². The maximum Gasteiger partial charge on any atom is 0.336 e. The molecule has 1 N–H and O–H groups in total. The molecule has 0 radical (unpaired) electrons. The second-order valence-corrected chi connectivity index (χ2v) is 6.30. The van der Waals surface area contributed by atoms with E-state index in [1.807, 2.05) is 5.32 Å². The summed E-state index contributed by atoms with van der Waals surface area (Å²) in [5.41, 5.74) is -0.496. The molecule has 0 bridgehead atoms. The largest absolute Gasteiger partial charge is 0.336 e. The third-order valence-corrected chi connectivity index (χ3v) is 4.25. The van der Waals surface area contributed by atoms with Gasteiger partial charge in [0.25, 0.3) is 11.8 Å². The topological polar surface area (TPSA) is 66.5 Å². The van der Waals surface area contributed by atoms with Gasteiger partial charge in [0.2, 0.25) is 0 Å². The quantitative estimate of drug-likeness (QED) is 0.668. The van der Waals surface area contributed by atoms with E-state index in [2.05, 4.69) is 0 Å². The number of para-hydroxylation sites is 1. The number of imide groups is 2. The molecule has 0 saturated carbocycles. The Hall–Kier alpha value is -2.51. The second kappa shape index (κ2) is 5.94. The van der Waals surface area contributed by atoms with Crippen LogP contribution in [0, 0.1) is 5.82 Å². The molecule has 2 aromatic rings. The molecule has 0 unspecified atom stereocenters. The lowest BCUT2D eigenvalue weighted by Gasteiger charge is -2.26. The van der Waals surface area contributed by atoms with Crippen LogP contribution in [0.25, 0.3) is 6.08 Å². The van der Waals surface area contributed by atoms with Gasteiger partial charge in [-0.3, -0.25) is 14.9 Å². The van der Waals surface area contributed by atoms with Gasteiger partial charge in [0.1, 0.15) is 11.4 Å². The Balaban J connectivity index is 2.04. The van der Waals surface area contributed by atoms with Crippen molar-refractivity contribution in [2.24, 2.45) is 0 Å². The number of nitrogens with zero attached hydrogens (tertiary/aromatic N) is 1. The van der Waals surface area contributed by atoms with Crippen molar-refractivity contribution in [1.82, 2.24) is 5.32 Å². The molecule has 5 nitrogen and oxygen atoms in total. The van der Waals surface area contributed by atoms with E-state index in [-0.39, 0.29) is 11.3 Å². The predicted octanol–water partition coefficient (Wildman–Crippen LogP) is 3.21. The first-order chi connectivity index (χ1) is 11.0. The predicted molar refractivity (Wildman–Crippen MR) is 84.7 cm³/mol. The summed E-state index contributed by atoms with van der Waals surface area (Å²) in [5, 5.41) is 2.03. The monoisotopic (exact) mass is 350 g/mol. The number of halogens is 2. The molecule has 0 atom stereocenters. The van der Waals surface area contributed by atoms with E-state index in [4.69, 9.17) is 11.6 Å². The number of barbiturate groups is 1. The number of anilines is 1. The molecule has 116 valence electrons. The lowest BCUT2D eigenvalue weighted by molar-refractivity contribution is -0.122. The fourth-order valence-corrected chi connectivity index (χ4v) is 3.06. The van der Waals surface area contributed by atoms with Gasteiger partial charge < -0.3 is 0 Å². The van der Waals surface area contributed by atoms with Crippen molar-refractivity contribution in [3.8, 4) is 0 Å². The van der Waals surface area contributed by atoms with E-state index in [1.54, 1.807) is 12.1 Å². The van der Waals surface area contributed by atoms with Gasteiger partial charge in [-0.25, -0.2) is 14.1 Å². The number of hydrogen-bond donors (Lipinski definition) is 1. The molecule has 3 rings (SSSR count). The Morgan fingerprint density at radius 2 is 1.87 bits per heavy atom. The van der Waals surface area contributed by atoms with Gasteiger partial charge in [-0.05, 0) is 30.3 Å². The molecule has 0 spiro atoms. The lowest BCUT2D eigenvalue weighted by Crippen LogP contribution is -2.54. The number of benzene rings is 1. The van der Waals surface area contributed by atoms with Crippen LogP contribution >= 0.6 is 22.9 Å². The van der Waals surface area contributed by atoms with E-state index >= 15 is 0 Å². The van der Waals surface area contributed by atoms with E-state index in [0.29, 0.717) is 14.1 Å². The van der Waals surface area contributed by atoms with Gasteiger partial charge in [-0.15, -0.1) is 11.3 Å². The molecule has 1 aromatic heterocycles. The van der Waals surface area contributed by atoms with Gasteiger partial charge in [0.15, 0.2) is 0 Å². The number of nitrogens with one attached hydrogen (secondary N) is 1. The Labute approximate surface area is 139 Å². The fraction of sp³-hybridized carbons (Fsp3) is 0. The van der Waals surface area contributed by atoms with Gasteiger partial charge in [-0.2, -0.15) is 0 Å². The van der Waals surface area contributed by atoms with E-state index in [1.165, 1.54) is 35.6 Å². The number of carbonyl (C=O) groups excluding carboxylic acids is 3. The summed E-state index contributed by atoms with van der Waals surface area (Å²) in [6.45, 7) is 0. The summed E-state index contributed by atoms with van der Waals surface area (Å²) in [7, 11) is 0. The number of rotatable bonds is 2. The van der Waals surface area contributed by atoms with Crippen LogP contribution in [0.5, 0.6) is 0 Å². The maximum atomic E-state index is 13.9. The zero-order valence-electron chi connectivity index (χ0n) is 11.4. The lowest BCUT2D eigenvalue weighted by atomic mass is 10.1. The maximum absolute atomic E-state index is 13.9. The number of hydrogen-bond acceptors (Lipinski definition) is 4. The molecule has 0 aliphatic carbocycles. The summed E-state index contributed by atoms with van der Waals surface area (Å²) in [4.78, 5) is 37.5. The highest BCUT2D eigenvalue weighted by molar-refractivity contribution is 7.17. The zero-order valence-corrected chi connectivity index (χ0v) is 13.0. The van der Waals surface area contributed by atoms with Crippen molar-refractivity contribution >= 4 is 52.5 Å². The Kier molecular flexibility index (Phi) is 3.97. The molecule has 1 fully saturated rings. The minimum atomic E-state index is -0.994. The number of carbonyl (C=O) groups is 3. The highest BCUT2D eigenvalue weighted by atomic mass is 35.5. The summed E-state index contributed by atoms with van der Waals surface area (Å²) >= 11 is 6.97. The van der Waals surface area contributed by atoms with Crippen molar-refractivity contribution in [3.05, 3.63) is 57.0 Å². The van der Waals surface area contributed by atoms with E-state index in [9.17, 15) is 18.8 Å². The minimum absolute atomic E-state index is 0.224. The van der Waals surface area contributed by atoms with Crippen LogP contribution in [0.4, 0.5) is 14.9 Å². The number of urea groups is 1. The van der Waals surface area contributed by atoms with Crippen LogP contribution in [0.1, 0.15) is 4.88 Å². The molecule has 1 aliphatic rings. The molecule has 1 aromatic carbocycles. The third kappa shape index (κ3) is 2.88. The zero-order chi connectivity index (χ0) is 16.6. The van der Waals surface area contributed by atoms with E-state index < -0.39 is 23.7 Å². The van der Waals surface area contributed by atoms with Gasteiger partial charge in [-0.1, -0.05) is 23.7 Å². The normalized spacial score (nSPS) is 16.9. The summed E-state index contributed by atoms with van der Waals surface area (Å²) in [6.07, 6.45) is 1.31. The highest BCUT2D eigenvalue weighted by Crippen LogP contribution is 2.27. The molecule has 1 aliphatic heterocycles. The van der Waals surface area contributed by atoms with Crippen molar-refractivity contribution in [2.75, 3.05) is 4.90 Å². The molecule has 23 heavy (non-hydrogen) atoms. The average Bonchev–Trinajstić information content (AvgIpc) is 2.91. The number of amides is 4. The molecule has 4 amide bonds. The van der Waals surface area contributed by atoms with Gasteiger partial charge >= 0.3 is 6.03 Å². The van der Waals surface area contributed by atoms with Gasteiger partial charge in [0.05, 0.1) is 10.0 Å². The van der Waals surface area contributed by atoms with Crippen LogP contribution in [0.2, 0.25) is 4.34 Å². The fourth-order valence-electron chi connectivity index (χ4n) is 2.06. The van der Waals surface area contributed by atoms with E-state index in [0.717, 1.165) is 6.07 Å². The van der Waals surface area contributed by atoms with Crippen LogP contribution in [0.15, 0.2) is 42.0 Å². The van der Waals surface area contributed by atoms with Gasteiger partial charge in [0, 0.05) is 4.88 Å². The molecular weight excluding hydrogens is 343 g/mol. The molecule has 2 heterocycles. The first-order valence-corrected chi connectivity index (χ1v) is 7.58. The molecule has 1 saturated heterocycles. The summed E-state index contributed by atoms with van der Waals surface area (Å²) in [6, 6.07) is 7.57. The smallest absolute Gasteiger partial charge is 0.273 e. The second-order valence-electron chi connectivity index (χ2n) is 4.55. The summed E-state index contributed by atoms with van der Waals surface area (Å²) < 4.78 is 14.4.